The van der Waals surface area contributed by atoms with Crippen molar-refractivity contribution < 1.29 is 10.2 Å². The van der Waals surface area contributed by atoms with E-state index in [9.17, 15) is 5.11 Å². The smallest absolute Gasteiger partial charge is 0.115 e. The fraction of sp³-hybridized carbons (Fsp3) is 0.625. The summed E-state index contributed by atoms with van der Waals surface area (Å²) in [6, 6.07) is 7.79. The highest BCUT2D eigenvalue weighted by Gasteiger charge is 2.18. The number of nitrogens with one attached hydrogen (secondary N) is 1. The Morgan fingerprint density at radius 2 is 1.84 bits per heavy atom. The summed E-state index contributed by atoms with van der Waals surface area (Å²) in [5.74, 6) is 0.314. The van der Waals surface area contributed by atoms with Crippen molar-refractivity contribution >= 4 is 0 Å². The average molecular weight is 265 g/mol. The molecule has 0 saturated heterocycles. The maximum atomic E-state index is 9.25. The molecule has 1 atom stereocenters. The van der Waals surface area contributed by atoms with Crippen molar-refractivity contribution in [1.82, 2.24) is 5.32 Å². The quantitative estimate of drug-likeness (QED) is 0.677. The van der Waals surface area contributed by atoms with Crippen LogP contribution in [0.2, 0.25) is 0 Å². The van der Waals surface area contributed by atoms with Gasteiger partial charge >= 0.3 is 0 Å². The summed E-state index contributed by atoms with van der Waals surface area (Å²) < 4.78 is 0. The van der Waals surface area contributed by atoms with Crippen LogP contribution < -0.4 is 5.32 Å². The molecule has 0 saturated carbocycles. The van der Waals surface area contributed by atoms with E-state index in [1.165, 1.54) is 5.56 Å². The normalized spacial score (nSPS) is 13.5. The molecule has 0 fully saturated rings. The maximum Gasteiger partial charge on any atom is 0.115 e. The standard InChI is InChI=1S/C16H27NO2/c1-13(11-14-5-7-15(19)8-6-14)17-12-16(2,3)9-4-10-18/h5-8,13,17-19H,4,9-12H2,1-3H3. The second-order valence-corrected chi connectivity index (χ2v) is 6.14. The zero-order chi connectivity index (χ0) is 14.3. The molecule has 3 N–H and O–H groups in total. The second kappa shape index (κ2) is 7.51. The number of phenols is 1. The zero-order valence-corrected chi connectivity index (χ0v) is 12.3. The third-order valence-electron chi connectivity index (χ3n) is 3.42. The van der Waals surface area contributed by atoms with Gasteiger partial charge in [0.2, 0.25) is 0 Å². The molecule has 0 radical (unpaired) electrons. The average Bonchev–Trinajstić information content (AvgIpc) is 2.37. The minimum Gasteiger partial charge on any atom is -0.508 e. The lowest BCUT2D eigenvalue weighted by molar-refractivity contribution is 0.232. The van der Waals surface area contributed by atoms with Crippen LogP contribution >= 0.6 is 0 Å². The van der Waals surface area contributed by atoms with E-state index in [-0.39, 0.29) is 12.0 Å². The van der Waals surface area contributed by atoms with Crippen LogP contribution in [0.15, 0.2) is 24.3 Å². The number of aliphatic hydroxyl groups is 1. The Labute approximate surface area is 116 Å². The molecular formula is C16H27NO2. The van der Waals surface area contributed by atoms with Gasteiger partial charge in [-0.3, -0.25) is 0 Å². The molecule has 0 spiro atoms. The van der Waals surface area contributed by atoms with Crippen molar-refractivity contribution in [3.63, 3.8) is 0 Å². The first-order chi connectivity index (χ1) is 8.93. The van der Waals surface area contributed by atoms with Gasteiger partial charge in [0.05, 0.1) is 0 Å². The summed E-state index contributed by atoms with van der Waals surface area (Å²) in [4.78, 5) is 0. The molecule has 0 aliphatic heterocycles. The molecule has 19 heavy (non-hydrogen) atoms. The molecule has 1 unspecified atom stereocenters. The number of hydrogen-bond donors (Lipinski definition) is 3. The summed E-state index contributed by atoms with van der Waals surface area (Å²) >= 11 is 0. The Hall–Kier alpha value is -1.06. The summed E-state index contributed by atoms with van der Waals surface area (Å²) in [5, 5.41) is 21.7. The van der Waals surface area contributed by atoms with Crippen LogP contribution in [0.4, 0.5) is 0 Å². The van der Waals surface area contributed by atoms with Crippen LogP contribution in [0.25, 0.3) is 0 Å². The van der Waals surface area contributed by atoms with Crippen LogP contribution in [0.3, 0.4) is 0 Å². The van der Waals surface area contributed by atoms with Gasteiger partial charge in [0, 0.05) is 19.2 Å². The van der Waals surface area contributed by atoms with Crippen molar-refractivity contribution in [3.8, 4) is 5.75 Å². The van der Waals surface area contributed by atoms with Crippen LogP contribution in [0, 0.1) is 5.41 Å². The molecule has 0 bridgehead atoms. The molecule has 1 aromatic carbocycles. The van der Waals surface area contributed by atoms with Gasteiger partial charge in [0.1, 0.15) is 5.75 Å². The van der Waals surface area contributed by atoms with E-state index < -0.39 is 0 Å². The van der Waals surface area contributed by atoms with E-state index >= 15 is 0 Å². The number of rotatable bonds is 8. The van der Waals surface area contributed by atoms with E-state index in [1.807, 2.05) is 12.1 Å². The summed E-state index contributed by atoms with van der Waals surface area (Å²) in [5.41, 5.74) is 1.44. The SMILES string of the molecule is CC(Cc1ccc(O)cc1)NCC(C)(C)CCCO. The van der Waals surface area contributed by atoms with Crippen molar-refractivity contribution in [2.45, 2.75) is 46.1 Å². The molecular weight excluding hydrogens is 238 g/mol. The number of aromatic hydroxyl groups is 1. The van der Waals surface area contributed by atoms with Gasteiger partial charge in [-0.1, -0.05) is 26.0 Å². The zero-order valence-electron chi connectivity index (χ0n) is 12.3. The minimum absolute atomic E-state index is 0.214. The van der Waals surface area contributed by atoms with Crippen molar-refractivity contribution in [1.29, 1.82) is 0 Å². The summed E-state index contributed by atoms with van der Waals surface area (Å²) in [6.45, 7) is 7.85. The van der Waals surface area contributed by atoms with E-state index in [1.54, 1.807) is 12.1 Å². The molecule has 3 heteroatoms. The van der Waals surface area contributed by atoms with Gasteiger partial charge in [-0.2, -0.15) is 0 Å². The fourth-order valence-electron chi connectivity index (χ4n) is 2.15. The molecule has 0 aliphatic carbocycles. The molecule has 108 valence electrons. The van der Waals surface area contributed by atoms with Gasteiger partial charge in [-0.05, 0) is 49.3 Å². The third-order valence-corrected chi connectivity index (χ3v) is 3.42. The third kappa shape index (κ3) is 6.60. The number of phenolic OH excluding ortho intramolecular Hbond substituents is 1. The molecule has 1 rings (SSSR count). The highest BCUT2D eigenvalue weighted by atomic mass is 16.3. The topological polar surface area (TPSA) is 52.5 Å². The molecule has 0 aliphatic rings. The lowest BCUT2D eigenvalue weighted by Crippen LogP contribution is -2.36. The highest BCUT2D eigenvalue weighted by Crippen LogP contribution is 2.21. The fourth-order valence-corrected chi connectivity index (χ4v) is 2.15. The Kier molecular flexibility index (Phi) is 6.32. The summed E-state index contributed by atoms with van der Waals surface area (Å²) in [7, 11) is 0. The highest BCUT2D eigenvalue weighted by molar-refractivity contribution is 5.26. The Balaban J connectivity index is 2.34. The molecule has 3 nitrogen and oxygen atoms in total. The Bertz CT molecular complexity index is 360. The first kappa shape index (κ1) is 16.0. The van der Waals surface area contributed by atoms with E-state index in [4.69, 9.17) is 5.11 Å². The predicted molar refractivity (Wildman–Crippen MR) is 79.4 cm³/mol. The molecule has 1 aromatic rings. The predicted octanol–water partition coefficient (Wildman–Crippen LogP) is 2.71. The first-order valence-corrected chi connectivity index (χ1v) is 7.05. The van der Waals surface area contributed by atoms with Gasteiger partial charge in [0.15, 0.2) is 0 Å². The largest absolute Gasteiger partial charge is 0.508 e. The van der Waals surface area contributed by atoms with E-state index in [2.05, 4.69) is 26.1 Å². The Morgan fingerprint density at radius 3 is 2.42 bits per heavy atom. The molecule has 0 heterocycles. The Morgan fingerprint density at radius 1 is 1.21 bits per heavy atom. The van der Waals surface area contributed by atoms with Crippen molar-refractivity contribution in [2.24, 2.45) is 5.41 Å². The monoisotopic (exact) mass is 265 g/mol. The van der Waals surface area contributed by atoms with Crippen LogP contribution in [0.5, 0.6) is 5.75 Å². The molecule has 0 aromatic heterocycles. The number of benzene rings is 1. The van der Waals surface area contributed by atoms with Gasteiger partial charge in [0.25, 0.3) is 0 Å². The van der Waals surface area contributed by atoms with Crippen molar-refractivity contribution in [3.05, 3.63) is 29.8 Å². The number of hydrogen-bond acceptors (Lipinski definition) is 3. The first-order valence-electron chi connectivity index (χ1n) is 7.05. The minimum atomic E-state index is 0.214. The van der Waals surface area contributed by atoms with E-state index in [0.717, 1.165) is 25.8 Å². The second-order valence-electron chi connectivity index (χ2n) is 6.14. The van der Waals surface area contributed by atoms with Crippen LogP contribution in [-0.4, -0.2) is 29.4 Å². The van der Waals surface area contributed by atoms with Crippen LogP contribution in [-0.2, 0) is 6.42 Å². The van der Waals surface area contributed by atoms with Crippen LogP contribution in [0.1, 0.15) is 39.2 Å². The number of aliphatic hydroxyl groups excluding tert-OH is 1. The van der Waals surface area contributed by atoms with E-state index in [0.29, 0.717) is 11.8 Å². The van der Waals surface area contributed by atoms with Gasteiger partial charge in [-0.15, -0.1) is 0 Å². The maximum absolute atomic E-state index is 9.25. The lowest BCUT2D eigenvalue weighted by atomic mass is 9.87. The molecule has 0 amide bonds. The lowest BCUT2D eigenvalue weighted by Gasteiger charge is -2.27. The van der Waals surface area contributed by atoms with Gasteiger partial charge in [-0.25, -0.2) is 0 Å². The summed E-state index contributed by atoms with van der Waals surface area (Å²) in [6.07, 6.45) is 2.85. The van der Waals surface area contributed by atoms with Gasteiger partial charge < -0.3 is 15.5 Å². The van der Waals surface area contributed by atoms with Crippen molar-refractivity contribution in [2.75, 3.05) is 13.2 Å².